The SMILES string of the molecule is COc1ccc(-c2ncoc2-c2cc(OC)c(OC)c(OC)c2)cc1N. The second-order valence-corrected chi connectivity index (χ2v) is 5.40. The number of methoxy groups -OCH3 is 4. The van der Waals surface area contributed by atoms with Crippen LogP contribution in [0, 0.1) is 0 Å². The standard InChI is InChI=1S/C19H20N2O5/c1-22-14-6-5-11(7-13(14)20)17-18(26-10-21-17)12-8-15(23-2)19(25-4)16(9-12)24-3/h5-10H,20H2,1-4H3. The molecule has 0 aliphatic heterocycles. The van der Waals surface area contributed by atoms with Crippen molar-refractivity contribution in [3.63, 3.8) is 0 Å². The number of ether oxygens (including phenoxy) is 4. The first-order chi connectivity index (χ1) is 12.6. The molecule has 7 heteroatoms. The van der Waals surface area contributed by atoms with E-state index in [0.717, 1.165) is 11.1 Å². The van der Waals surface area contributed by atoms with Crippen LogP contribution in [0.2, 0.25) is 0 Å². The summed E-state index contributed by atoms with van der Waals surface area (Å²) in [6, 6.07) is 9.06. The molecule has 1 aromatic heterocycles. The van der Waals surface area contributed by atoms with Gasteiger partial charge in [0, 0.05) is 11.1 Å². The summed E-state index contributed by atoms with van der Waals surface area (Å²) in [5, 5.41) is 0. The molecule has 0 amide bonds. The lowest BCUT2D eigenvalue weighted by Crippen LogP contribution is -1.96. The highest BCUT2D eigenvalue weighted by molar-refractivity contribution is 5.81. The highest BCUT2D eigenvalue weighted by atomic mass is 16.5. The lowest BCUT2D eigenvalue weighted by molar-refractivity contribution is 0.324. The van der Waals surface area contributed by atoms with Gasteiger partial charge in [0.15, 0.2) is 23.7 Å². The Morgan fingerprint density at radius 3 is 2.00 bits per heavy atom. The van der Waals surface area contributed by atoms with Crippen molar-refractivity contribution in [1.29, 1.82) is 0 Å². The summed E-state index contributed by atoms with van der Waals surface area (Å²) >= 11 is 0. The fraction of sp³-hybridized carbons (Fsp3) is 0.211. The van der Waals surface area contributed by atoms with Crippen molar-refractivity contribution in [3.05, 3.63) is 36.7 Å². The Morgan fingerprint density at radius 1 is 0.808 bits per heavy atom. The number of oxazole rings is 1. The summed E-state index contributed by atoms with van der Waals surface area (Å²) in [5.41, 5.74) is 8.72. The fourth-order valence-electron chi connectivity index (χ4n) is 2.75. The normalized spacial score (nSPS) is 10.5. The van der Waals surface area contributed by atoms with Crippen LogP contribution in [0.4, 0.5) is 5.69 Å². The van der Waals surface area contributed by atoms with Gasteiger partial charge in [0.05, 0.1) is 34.1 Å². The van der Waals surface area contributed by atoms with Crippen molar-refractivity contribution in [3.8, 4) is 45.6 Å². The van der Waals surface area contributed by atoms with E-state index in [2.05, 4.69) is 4.98 Å². The van der Waals surface area contributed by atoms with E-state index in [4.69, 9.17) is 29.1 Å². The highest BCUT2D eigenvalue weighted by Crippen LogP contribution is 2.43. The molecule has 2 aromatic carbocycles. The lowest BCUT2D eigenvalue weighted by atomic mass is 10.0. The van der Waals surface area contributed by atoms with Crippen molar-refractivity contribution in [2.24, 2.45) is 0 Å². The lowest BCUT2D eigenvalue weighted by Gasteiger charge is -2.14. The van der Waals surface area contributed by atoms with Gasteiger partial charge in [-0.05, 0) is 30.3 Å². The molecular formula is C19H20N2O5. The van der Waals surface area contributed by atoms with Crippen molar-refractivity contribution in [2.45, 2.75) is 0 Å². The molecule has 2 N–H and O–H groups in total. The third-order valence-corrected chi connectivity index (χ3v) is 4.00. The largest absolute Gasteiger partial charge is 0.495 e. The van der Waals surface area contributed by atoms with E-state index >= 15 is 0 Å². The van der Waals surface area contributed by atoms with Gasteiger partial charge in [0.2, 0.25) is 5.75 Å². The summed E-state index contributed by atoms with van der Waals surface area (Å²) in [6.07, 6.45) is 1.38. The molecule has 0 unspecified atom stereocenters. The molecule has 0 fully saturated rings. The van der Waals surface area contributed by atoms with Gasteiger partial charge in [-0.25, -0.2) is 4.98 Å². The molecule has 0 saturated heterocycles. The summed E-state index contributed by atoms with van der Waals surface area (Å²) in [7, 11) is 6.25. The van der Waals surface area contributed by atoms with E-state index in [9.17, 15) is 0 Å². The summed E-state index contributed by atoms with van der Waals surface area (Å²) < 4.78 is 27.0. The number of benzene rings is 2. The van der Waals surface area contributed by atoms with E-state index in [1.165, 1.54) is 6.39 Å². The molecule has 3 aromatic rings. The third-order valence-electron chi connectivity index (χ3n) is 4.00. The van der Waals surface area contributed by atoms with Crippen LogP contribution in [0.5, 0.6) is 23.0 Å². The van der Waals surface area contributed by atoms with E-state index in [0.29, 0.717) is 40.1 Å². The zero-order chi connectivity index (χ0) is 18.7. The number of aromatic nitrogens is 1. The predicted octanol–water partition coefficient (Wildman–Crippen LogP) is 3.63. The minimum Gasteiger partial charge on any atom is -0.495 e. The molecule has 1 heterocycles. The Labute approximate surface area is 151 Å². The van der Waals surface area contributed by atoms with E-state index in [1.54, 1.807) is 52.7 Å². The first kappa shape index (κ1) is 17.5. The van der Waals surface area contributed by atoms with Gasteiger partial charge in [0.25, 0.3) is 0 Å². The van der Waals surface area contributed by atoms with Crippen LogP contribution >= 0.6 is 0 Å². The van der Waals surface area contributed by atoms with Gasteiger partial charge >= 0.3 is 0 Å². The number of anilines is 1. The van der Waals surface area contributed by atoms with Gasteiger partial charge in [0.1, 0.15) is 11.4 Å². The molecule has 0 aliphatic carbocycles. The maximum Gasteiger partial charge on any atom is 0.203 e. The van der Waals surface area contributed by atoms with Crippen LogP contribution in [0.25, 0.3) is 22.6 Å². The molecular weight excluding hydrogens is 336 g/mol. The number of hydrogen-bond donors (Lipinski definition) is 1. The third kappa shape index (κ3) is 2.99. The van der Waals surface area contributed by atoms with E-state index in [1.807, 2.05) is 6.07 Å². The maximum absolute atomic E-state index is 6.02. The summed E-state index contributed by atoms with van der Waals surface area (Å²) in [6.45, 7) is 0. The van der Waals surface area contributed by atoms with E-state index < -0.39 is 0 Å². The Kier molecular flexibility index (Phi) is 4.88. The Hall–Kier alpha value is -3.35. The highest BCUT2D eigenvalue weighted by Gasteiger charge is 2.19. The minimum atomic E-state index is 0.508. The first-order valence-corrected chi connectivity index (χ1v) is 7.80. The summed E-state index contributed by atoms with van der Waals surface area (Å²) in [4.78, 5) is 4.34. The molecule has 0 bridgehead atoms. The number of nitrogens with zero attached hydrogens (tertiary/aromatic N) is 1. The molecule has 0 radical (unpaired) electrons. The Morgan fingerprint density at radius 2 is 1.46 bits per heavy atom. The van der Waals surface area contributed by atoms with Crippen LogP contribution < -0.4 is 24.7 Å². The molecule has 0 spiro atoms. The molecule has 0 aliphatic rings. The second kappa shape index (κ2) is 7.26. The van der Waals surface area contributed by atoms with Crippen molar-refractivity contribution >= 4 is 5.69 Å². The van der Waals surface area contributed by atoms with Gasteiger partial charge in [-0.1, -0.05) is 0 Å². The van der Waals surface area contributed by atoms with Crippen LogP contribution in [-0.4, -0.2) is 33.4 Å². The molecule has 136 valence electrons. The predicted molar refractivity (Wildman–Crippen MR) is 98.0 cm³/mol. The quantitative estimate of drug-likeness (QED) is 0.675. The van der Waals surface area contributed by atoms with Gasteiger partial charge in [-0.15, -0.1) is 0 Å². The van der Waals surface area contributed by atoms with Crippen LogP contribution in [0.1, 0.15) is 0 Å². The first-order valence-electron chi connectivity index (χ1n) is 7.80. The molecule has 3 rings (SSSR count). The number of nitrogen functional groups attached to an aromatic ring is 1. The number of hydrogen-bond acceptors (Lipinski definition) is 7. The Balaban J connectivity index is 2.13. The molecule has 0 saturated carbocycles. The fourth-order valence-corrected chi connectivity index (χ4v) is 2.75. The van der Waals surface area contributed by atoms with Crippen molar-refractivity contribution in [1.82, 2.24) is 4.98 Å². The smallest absolute Gasteiger partial charge is 0.203 e. The second-order valence-electron chi connectivity index (χ2n) is 5.40. The average molecular weight is 356 g/mol. The molecule has 0 atom stereocenters. The monoisotopic (exact) mass is 356 g/mol. The van der Waals surface area contributed by atoms with Gasteiger partial charge < -0.3 is 29.1 Å². The average Bonchev–Trinajstić information content (AvgIpc) is 3.16. The van der Waals surface area contributed by atoms with Crippen LogP contribution in [-0.2, 0) is 0 Å². The summed E-state index contributed by atoms with van der Waals surface area (Å²) in [5.74, 6) is 2.73. The number of rotatable bonds is 6. The van der Waals surface area contributed by atoms with E-state index in [-0.39, 0.29) is 0 Å². The van der Waals surface area contributed by atoms with Crippen molar-refractivity contribution in [2.75, 3.05) is 34.2 Å². The zero-order valence-corrected chi connectivity index (χ0v) is 15.0. The molecule has 7 nitrogen and oxygen atoms in total. The van der Waals surface area contributed by atoms with Gasteiger partial charge in [-0.3, -0.25) is 0 Å². The minimum absolute atomic E-state index is 0.508. The number of nitrogens with two attached hydrogens (primary N) is 1. The Bertz CT molecular complexity index is 895. The van der Waals surface area contributed by atoms with Crippen LogP contribution in [0.15, 0.2) is 41.1 Å². The maximum atomic E-state index is 6.02. The van der Waals surface area contributed by atoms with Crippen molar-refractivity contribution < 1.29 is 23.4 Å². The molecule has 26 heavy (non-hydrogen) atoms. The zero-order valence-electron chi connectivity index (χ0n) is 15.0. The topological polar surface area (TPSA) is 89.0 Å². The van der Waals surface area contributed by atoms with Crippen LogP contribution in [0.3, 0.4) is 0 Å². The van der Waals surface area contributed by atoms with Gasteiger partial charge in [-0.2, -0.15) is 0 Å².